The third-order valence-corrected chi connectivity index (χ3v) is 7.48. The van der Waals surface area contributed by atoms with E-state index in [9.17, 15) is 20.3 Å². The standard InChI is InChI=1S/C36H47N3O4/c1-33(2,3)24-15-22(31(40)27(17-24)35(7,8)9)20-37-29-14-13-26(39(42)43)19-30(29)38-21-23-16-25(34(4,5)6)18-28(32(23)41)36(10,11)12/h13-21,40-41H,1-12H3. The average Bonchev–Trinajstić information content (AvgIpc) is 2.84. The molecule has 0 aliphatic heterocycles. The summed E-state index contributed by atoms with van der Waals surface area (Å²) in [7, 11) is 0. The molecule has 230 valence electrons. The molecule has 0 heterocycles. The molecule has 0 unspecified atom stereocenters. The van der Waals surface area contributed by atoms with Gasteiger partial charge in [-0.25, -0.2) is 0 Å². The summed E-state index contributed by atoms with van der Waals surface area (Å²) in [6, 6.07) is 12.2. The maximum Gasteiger partial charge on any atom is 0.271 e. The van der Waals surface area contributed by atoms with Crippen LogP contribution in [0.1, 0.15) is 116 Å². The van der Waals surface area contributed by atoms with Gasteiger partial charge in [0.05, 0.1) is 16.3 Å². The Bertz CT molecular complexity index is 1590. The summed E-state index contributed by atoms with van der Waals surface area (Å²) in [5, 5.41) is 34.1. The van der Waals surface area contributed by atoms with Gasteiger partial charge in [-0.3, -0.25) is 20.1 Å². The largest absolute Gasteiger partial charge is 0.507 e. The number of benzene rings is 3. The highest BCUT2D eigenvalue weighted by molar-refractivity contribution is 5.91. The zero-order valence-corrected chi connectivity index (χ0v) is 27.7. The Kier molecular flexibility index (Phi) is 9.03. The Labute approximate surface area is 256 Å². The van der Waals surface area contributed by atoms with Crippen LogP contribution in [0.2, 0.25) is 0 Å². The van der Waals surface area contributed by atoms with Gasteiger partial charge in [-0.2, -0.15) is 0 Å². The maximum absolute atomic E-state index is 11.6. The van der Waals surface area contributed by atoms with Gasteiger partial charge in [0.25, 0.3) is 5.69 Å². The van der Waals surface area contributed by atoms with Crippen LogP contribution >= 0.6 is 0 Å². The molecule has 0 saturated carbocycles. The number of aromatic hydroxyl groups is 2. The van der Waals surface area contributed by atoms with Gasteiger partial charge in [0.15, 0.2) is 0 Å². The summed E-state index contributed by atoms with van der Waals surface area (Å²) in [5.74, 6) is 0.271. The van der Waals surface area contributed by atoms with Crippen LogP contribution in [-0.2, 0) is 21.7 Å². The third kappa shape index (κ3) is 7.89. The molecule has 2 N–H and O–H groups in total. The normalized spacial score (nSPS) is 13.3. The second-order valence-electron chi connectivity index (χ2n) is 15.4. The molecular weight excluding hydrogens is 538 g/mol. The van der Waals surface area contributed by atoms with Crippen molar-refractivity contribution in [1.29, 1.82) is 0 Å². The zero-order valence-electron chi connectivity index (χ0n) is 27.7. The first-order chi connectivity index (χ1) is 19.5. The summed E-state index contributed by atoms with van der Waals surface area (Å²) in [4.78, 5) is 20.4. The molecule has 0 aliphatic carbocycles. The van der Waals surface area contributed by atoms with Crippen molar-refractivity contribution in [1.82, 2.24) is 0 Å². The van der Waals surface area contributed by atoms with Gasteiger partial charge in [0, 0.05) is 46.8 Å². The lowest BCUT2D eigenvalue weighted by Gasteiger charge is -2.27. The maximum atomic E-state index is 11.6. The quantitative estimate of drug-likeness (QED) is 0.176. The van der Waals surface area contributed by atoms with E-state index >= 15 is 0 Å². The fourth-order valence-corrected chi connectivity index (χ4v) is 4.64. The minimum Gasteiger partial charge on any atom is -0.507 e. The molecule has 0 fully saturated rings. The second kappa shape index (κ2) is 11.6. The van der Waals surface area contributed by atoms with Crippen molar-refractivity contribution in [3.8, 4) is 11.5 Å². The number of phenols is 2. The number of phenolic OH excluding ortho intramolecular Hbond substituents is 2. The summed E-state index contributed by atoms with van der Waals surface area (Å²) >= 11 is 0. The molecule has 0 radical (unpaired) electrons. The van der Waals surface area contributed by atoms with Crippen molar-refractivity contribution in [2.75, 3.05) is 0 Å². The molecule has 7 nitrogen and oxygen atoms in total. The summed E-state index contributed by atoms with van der Waals surface area (Å²) in [5.41, 5.74) is 4.36. The van der Waals surface area contributed by atoms with Crippen LogP contribution in [0.5, 0.6) is 11.5 Å². The molecule has 0 amide bonds. The van der Waals surface area contributed by atoms with Crippen molar-refractivity contribution < 1.29 is 15.1 Å². The number of hydrogen-bond donors (Lipinski definition) is 2. The number of aliphatic imine (C=N–C) groups is 2. The number of non-ortho nitro benzene ring substituents is 1. The van der Waals surface area contributed by atoms with E-state index in [0.29, 0.717) is 16.8 Å². The molecule has 3 aromatic carbocycles. The molecule has 0 saturated heterocycles. The highest BCUT2D eigenvalue weighted by Gasteiger charge is 2.26. The number of rotatable bonds is 5. The van der Waals surface area contributed by atoms with E-state index in [1.807, 2.05) is 65.8 Å². The van der Waals surface area contributed by atoms with Gasteiger partial charge in [-0.1, -0.05) is 95.2 Å². The first kappa shape index (κ1) is 33.5. The predicted octanol–water partition coefficient (Wildman–Crippen LogP) is 9.70. The van der Waals surface area contributed by atoms with Gasteiger partial charge in [0.2, 0.25) is 0 Å². The van der Waals surface area contributed by atoms with Crippen LogP contribution in [-0.4, -0.2) is 27.6 Å². The second-order valence-corrected chi connectivity index (χ2v) is 15.4. The smallest absolute Gasteiger partial charge is 0.271 e. The monoisotopic (exact) mass is 585 g/mol. The number of nitrogens with zero attached hydrogens (tertiary/aromatic N) is 3. The molecule has 0 aliphatic rings. The first-order valence-corrected chi connectivity index (χ1v) is 14.6. The fraction of sp³-hybridized carbons (Fsp3) is 0.444. The predicted molar refractivity (Wildman–Crippen MR) is 179 cm³/mol. The molecule has 0 aromatic heterocycles. The van der Waals surface area contributed by atoms with Crippen LogP contribution < -0.4 is 0 Å². The molecule has 0 atom stereocenters. The Morgan fingerprint density at radius 2 is 1.00 bits per heavy atom. The topological polar surface area (TPSA) is 108 Å². The minimum atomic E-state index is -0.476. The Morgan fingerprint density at radius 3 is 1.35 bits per heavy atom. The van der Waals surface area contributed by atoms with E-state index in [1.165, 1.54) is 18.3 Å². The van der Waals surface area contributed by atoms with E-state index in [2.05, 4.69) is 51.5 Å². The molecular formula is C36H47N3O4. The summed E-state index contributed by atoms with van der Waals surface area (Å²) < 4.78 is 0. The SMILES string of the molecule is CC(C)(C)c1cc(C=Nc2ccc([N+](=O)[O-])cc2N=Cc2cc(C(C)(C)C)cc(C(C)(C)C)c2O)c(O)c(C(C)(C)C)c1. The number of nitro groups is 1. The van der Waals surface area contributed by atoms with Crippen LogP contribution in [0.4, 0.5) is 17.1 Å². The van der Waals surface area contributed by atoms with Gasteiger partial charge in [0.1, 0.15) is 11.5 Å². The Morgan fingerprint density at radius 1 is 0.605 bits per heavy atom. The van der Waals surface area contributed by atoms with Crippen molar-refractivity contribution in [2.24, 2.45) is 9.98 Å². The highest BCUT2D eigenvalue weighted by atomic mass is 16.6. The lowest BCUT2D eigenvalue weighted by Crippen LogP contribution is -2.17. The summed E-state index contributed by atoms with van der Waals surface area (Å²) in [6.45, 7) is 24.9. The third-order valence-electron chi connectivity index (χ3n) is 7.48. The van der Waals surface area contributed by atoms with Crippen molar-refractivity contribution >= 4 is 29.5 Å². The minimum absolute atomic E-state index is 0.123. The van der Waals surface area contributed by atoms with E-state index in [0.717, 1.165) is 22.3 Å². The molecule has 0 spiro atoms. The molecule has 7 heteroatoms. The van der Waals surface area contributed by atoms with Gasteiger partial charge in [-0.15, -0.1) is 0 Å². The van der Waals surface area contributed by atoms with E-state index in [-0.39, 0.29) is 44.5 Å². The van der Waals surface area contributed by atoms with Gasteiger partial charge < -0.3 is 10.2 Å². The van der Waals surface area contributed by atoms with Gasteiger partial charge in [-0.05, 0) is 51.0 Å². The van der Waals surface area contributed by atoms with Crippen LogP contribution in [0.15, 0.2) is 52.4 Å². The van der Waals surface area contributed by atoms with Crippen molar-refractivity contribution in [3.63, 3.8) is 0 Å². The number of nitro benzene ring substituents is 1. The lowest BCUT2D eigenvalue weighted by atomic mass is 9.79. The van der Waals surface area contributed by atoms with Crippen molar-refractivity contribution in [3.05, 3.63) is 86.0 Å². The van der Waals surface area contributed by atoms with E-state index in [4.69, 9.17) is 0 Å². The van der Waals surface area contributed by atoms with Crippen LogP contribution in [0.25, 0.3) is 0 Å². The fourth-order valence-electron chi connectivity index (χ4n) is 4.64. The number of hydrogen-bond acceptors (Lipinski definition) is 6. The lowest BCUT2D eigenvalue weighted by molar-refractivity contribution is -0.384. The van der Waals surface area contributed by atoms with E-state index < -0.39 is 4.92 Å². The Hall–Kier alpha value is -4.00. The molecule has 3 rings (SSSR count). The molecule has 3 aromatic rings. The van der Waals surface area contributed by atoms with E-state index in [1.54, 1.807) is 12.3 Å². The highest BCUT2D eigenvalue weighted by Crippen LogP contribution is 2.40. The average molecular weight is 586 g/mol. The van der Waals surface area contributed by atoms with Crippen molar-refractivity contribution in [2.45, 2.75) is 105 Å². The van der Waals surface area contributed by atoms with Crippen LogP contribution in [0, 0.1) is 10.1 Å². The first-order valence-electron chi connectivity index (χ1n) is 14.6. The molecule has 43 heavy (non-hydrogen) atoms. The summed E-state index contributed by atoms with van der Waals surface area (Å²) in [6.07, 6.45) is 3.11. The van der Waals surface area contributed by atoms with Crippen LogP contribution in [0.3, 0.4) is 0 Å². The van der Waals surface area contributed by atoms with Gasteiger partial charge >= 0.3 is 0 Å². The zero-order chi connectivity index (χ0) is 32.7. The Balaban J connectivity index is 2.21. The molecule has 0 bridgehead atoms.